The third-order valence-corrected chi connectivity index (χ3v) is 3.15. The number of benzene rings is 2. The third kappa shape index (κ3) is 3.92. The third-order valence-electron chi connectivity index (χ3n) is 3.15. The zero-order valence-electron chi connectivity index (χ0n) is 11.9. The molecule has 0 unspecified atom stereocenters. The summed E-state index contributed by atoms with van der Waals surface area (Å²) < 4.78 is 49.1. The first kappa shape index (κ1) is 16.2. The molecule has 0 amide bonds. The Bertz CT molecular complexity index is 615. The van der Waals surface area contributed by atoms with Crippen molar-refractivity contribution >= 4 is 0 Å². The molecule has 0 saturated carbocycles. The van der Waals surface area contributed by atoms with E-state index < -0.39 is 12.2 Å². The molecule has 0 fully saturated rings. The van der Waals surface area contributed by atoms with Gasteiger partial charge in [-0.2, -0.15) is 13.2 Å². The number of halogens is 3. The summed E-state index contributed by atoms with van der Waals surface area (Å²) in [6.45, 7) is 0.144. The maximum absolute atomic E-state index is 12.8. The van der Waals surface area contributed by atoms with Crippen LogP contribution >= 0.6 is 0 Å². The van der Waals surface area contributed by atoms with E-state index in [-0.39, 0.29) is 17.9 Å². The van der Waals surface area contributed by atoms with Crippen LogP contribution in [0.2, 0.25) is 0 Å². The monoisotopic (exact) mass is 311 g/mol. The summed E-state index contributed by atoms with van der Waals surface area (Å²) in [4.78, 5) is 0. The van der Waals surface area contributed by atoms with Crippen LogP contribution in [0.4, 0.5) is 13.2 Å². The lowest BCUT2D eigenvalue weighted by Crippen LogP contribution is -2.28. The Morgan fingerprint density at radius 3 is 2.36 bits per heavy atom. The molecule has 0 bridgehead atoms. The summed E-state index contributed by atoms with van der Waals surface area (Å²) in [6.07, 6.45) is -4.54. The lowest BCUT2D eigenvalue weighted by atomic mass is 10.1. The normalized spacial score (nSPS) is 12.8. The molecule has 1 atom stereocenters. The van der Waals surface area contributed by atoms with Crippen molar-refractivity contribution in [1.82, 2.24) is 0 Å². The largest absolute Gasteiger partial charge is 0.497 e. The summed E-state index contributed by atoms with van der Waals surface area (Å²) in [7, 11) is 1.43. The molecule has 0 aliphatic heterocycles. The number of nitrogens with two attached hydrogens (primary N) is 1. The van der Waals surface area contributed by atoms with Crippen LogP contribution < -0.4 is 15.2 Å². The van der Waals surface area contributed by atoms with Crippen molar-refractivity contribution < 1.29 is 22.6 Å². The minimum atomic E-state index is -4.54. The Hall–Kier alpha value is -2.21. The van der Waals surface area contributed by atoms with Crippen LogP contribution in [0.25, 0.3) is 0 Å². The molecule has 3 nitrogen and oxygen atoms in total. The van der Waals surface area contributed by atoms with Gasteiger partial charge in [-0.3, -0.25) is 0 Å². The summed E-state index contributed by atoms with van der Waals surface area (Å²) >= 11 is 0. The SMILES string of the molecule is COc1ccc([C@H](N)C(F)(F)F)c(OCc2ccccc2)c1. The molecule has 6 heteroatoms. The van der Waals surface area contributed by atoms with Gasteiger partial charge in [-0.05, 0) is 17.7 Å². The Kier molecular flexibility index (Phi) is 4.92. The minimum absolute atomic E-state index is 0.0630. The highest BCUT2D eigenvalue weighted by molar-refractivity contribution is 5.43. The fourth-order valence-corrected chi connectivity index (χ4v) is 1.94. The highest BCUT2D eigenvalue weighted by Crippen LogP contribution is 2.37. The van der Waals surface area contributed by atoms with E-state index in [1.807, 2.05) is 30.3 Å². The van der Waals surface area contributed by atoms with Crippen LogP contribution in [-0.2, 0) is 6.61 Å². The van der Waals surface area contributed by atoms with Crippen molar-refractivity contribution in [2.24, 2.45) is 5.73 Å². The summed E-state index contributed by atoms with van der Waals surface area (Å²) in [6, 6.07) is 11.1. The van der Waals surface area contributed by atoms with Crippen molar-refractivity contribution in [3.05, 3.63) is 59.7 Å². The van der Waals surface area contributed by atoms with E-state index in [0.717, 1.165) is 5.56 Å². The first-order chi connectivity index (χ1) is 10.4. The van der Waals surface area contributed by atoms with E-state index in [4.69, 9.17) is 15.2 Å². The van der Waals surface area contributed by atoms with Gasteiger partial charge in [0.1, 0.15) is 24.1 Å². The van der Waals surface area contributed by atoms with Crippen LogP contribution in [0.15, 0.2) is 48.5 Å². The molecule has 118 valence electrons. The van der Waals surface area contributed by atoms with Crippen molar-refractivity contribution in [2.75, 3.05) is 7.11 Å². The smallest absolute Gasteiger partial charge is 0.407 e. The molecule has 22 heavy (non-hydrogen) atoms. The average molecular weight is 311 g/mol. The number of alkyl halides is 3. The molecule has 2 N–H and O–H groups in total. The highest BCUT2D eigenvalue weighted by Gasteiger charge is 2.39. The minimum Gasteiger partial charge on any atom is -0.497 e. The van der Waals surface area contributed by atoms with E-state index >= 15 is 0 Å². The molecule has 0 spiro atoms. The van der Waals surface area contributed by atoms with E-state index in [0.29, 0.717) is 5.75 Å². The van der Waals surface area contributed by atoms with Gasteiger partial charge < -0.3 is 15.2 Å². The maximum atomic E-state index is 12.8. The van der Waals surface area contributed by atoms with Gasteiger partial charge >= 0.3 is 6.18 Å². The Morgan fingerprint density at radius 1 is 1.09 bits per heavy atom. The van der Waals surface area contributed by atoms with Gasteiger partial charge in [0, 0.05) is 11.6 Å². The van der Waals surface area contributed by atoms with Crippen LogP contribution in [0.1, 0.15) is 17.2 Å². The second-order valence-corrected chi connectivity index (χ2v) is 4.70. The second kappa shape index (κ2) is 6.70. The quantitative estimate of drug-likeness (QED) is 0.912. The zero-order chi connectivity index (χ0) is 16.2. The first-order valence-corrected chi connectivity index (χ1v) is 6.59. The number of hydrogen-bond donors (Lipinski definition) is 1. The van der Waals surface area contributed by atoms with Gasteiger partial charge in [0.15, 0.2) is 0 Å². The van der Waals surface area contributed by atoms with Crippen LogP contribution in [-0.4, -0.2) is 13.3 Å². The molecular weight excluding hydrogens is 295 g/mol. The van der Waals surface area contributed by atoms with Gasteiger partial charge in [-0.1, -0.05) is 30.3 Å². The molecule has 2 aromatic carbocycles. The molecule has 0 aromatic heterocycles. The average Bonchev–Trinajstić information content (AvgIpc) is 2.52. The number of rotatable bonds is 5. The summed E-state index contributed by atoms with van der Waals surface area (Å²) in [5.74, 6) is 0.467. The molecule has 0 aliphatic rings. The second-order valence-electron chi connectivity index (χ2n) is 4.70. The van der Waals surface area contributed by atoms with E-state index in [2.05, 4.69) is 0 Å². The van der Waals surface area contributed by atoms with Gasteiger partial charge in [0.05, 0.1) is 7.11 Å². The number of methoxy groups -OCH3 is 1. The Labute approximate surface area is 126 Å². The molecule has 2 rings (SSSR count). The highest BCUT2D eigenvalue weighted by atomic mass is 19.4. The lowest BCUT2D eigenvalue weighted by molar-refractivity contribution is -0.149. The molecule has 0 heterocycles. The predicted molar refractivity (Wildman–Crippen MR) is 76.8 cm³/mol. The number of hydrogen-bond acceptors (Lipinski definition) is 3. The maximum Gasteiger partial charge on any atom is 0.407 e. The van der Waals surface area contributed by atoms with Crippen molar-refractivity contribution in [2.45, 2.75) is 18.8 Å². The van der Waals surface area contributed by atoms with Crippen molar-refractivity contribution in [1.29, 1.82) is 0 Å². The summed E-state index contributed by atoms with van der Waals surface area (Å²) in [5, 5.41) is 0. The first-order valence-electron chi connectivity index (χ1n) is 6.59. The van der Waals surface area contributed by atoms with Crippen LogP contribution in [0, 0.1) is 0 Å². The lowest BCUT2D eigenvalue weighted by Gasteiger charge is -2.20. The Balaban J connectivity index is 2.27. The fraction of sp³-hybridized carbons (Fsp3) is 0.250. The number of ether oxygens (including phenoxy) is 2. The fourth-order valence-electron chi connectivity index (χ4n) is 1.94. The van der Waals surface area contributed by atoms with Gasteiger partial charge in [-0.15, -0.1) is 0 Å². The van der Waals surface area contributed by atoms with E-state index in [1.54, 1.807) is 0 Å². The molecule has 0 radical (unpaired) electrons. The van der Waals surface area contributed by atoms with Gasteiger partial charge in [-0.25, -0.2) is 0 Å². The molecule has 2 aromatic rings. The predicted octanol–water partition coefficient (Wildman–Crippen LogP) is 3.84. The zero-order valence-corrected chi connectivity index (χ0v) is 11.9. The van der Waals surface area contributed by atoms with Crippen LogP contribution in [0.5, 0.6) is 11.5 Å². The topological polar surface area (TPSA) is 44.5 Å². The van der Waals surface area contributed by atoms with Gasteiger partial charge in [0.25, 0.3) is 0 Å². The van der Waals surface area contributed by atoms with Crippen LogP contribution in [0.3, 0.4) is 0 Å². The van der Waals surface area contributed by atoms with E-state index in [9.17, 15) is 13.2 Å². The van der Waals surface area contributed by atoms with Crippen molar-refractivity contribution in [3.63, 3.8) is 0 Å². The van der Waals surface area contributed by atoms with E-state index in [1.165, 1.54) is 25.3 Å². The van der Waals surface area contributed by atoms with Crippen molar-refractivity contribution in [3.8, 4) is 11.5 Å². The standard InChI is InChI=1S/C16H16F3NO2/c1-21-12-7-8-13(15(20)16(17,18)19)14(9-12)22-10-11-5-3-2-4-6-11/h2-9,15H,10,20H2,1H3/t15-/m0/s1. The molecular formula is C16H16F3NO2. The Morgan fingerprint density at radius 2 is 1.77 bits per heavy atom. The molecule has 0 saturated heterocycles. The summed E-state index contributed by atoms with van der Waals surface area (Å²) in [5.41, 5.74) is 6.01. The molecule has 0 aliphatic carbocycles. The van der Waals surface area contributed by atoms with Gasteiger partial charge in [0.2, 0.25) is 0 Å².